The van der Waals surface area contributed by atoms with Crippen LogP contribution in [0.2, 0.25) is 0 Å². The van der Waals surface area contributed by atoms with Crippen molar-refractivity contribution in [3.8, 4) is 22.8 Å². The highest BCUT2D eigenvalue weighted by molar-refractivity contribution is 5.94. The van der Waals surface area contributed by atoms with Crippen molar-refractivity contribution in [1.29, 1.82) is 0 Å². The number of amides is 1. The normalized spacial score (nSPS) is 10.7. The van der Waals surface area contributed by atoms with Crippen LogP contribution in [-0.2, 0) is 0 Å². The van der Waals surface area contributed by atoms with E-state index in [9.17, 15) is 4.79 Å². The second kappa shape index (κ2) is 8.66. The molecule has 7 heteroatoms. The fourth-order valence-electron chi connectivity index (χ4n) is 2.41. The van der Waals surface area contributed by atoms with Crippen molar-refractivity contribution in [2.45, 2.75) is 6.92 Å². The van der Waals surface area contributed by atoms with E-state index in [1.807, 2.05) is 55.5 Å². The number of methoxy groups -OCH3 is 1. The Bertz CT molecular complexity index is 932. The number of nitrogens with zero attached hydrogens (tertiary/aromatic N) is 2. The summed E-state index contributed by atoms with van der Waals surface area (Å²) in [4.78, 5) is 12.2. The Morgan fingerprint density at radius 3 is 2.74 bits per heavy atom. The number of hydrogen-bond donors (Lipinski definition) is 2. The third kappa shape index (κ3) is 4.72. The van der Waals surface area contributed by atoms with E-state index in [-0.39, 0.29) is 5.91 Å². The fourth-order valence-corrected chi connectivity index (χ4v) is 2.41. The summed E-state index contributed by atoms with van der Waals surface area (Å²) in [6, 6.07) is 16.5. The highest BCUT2D eigenvalue weighted by atomic mass is 16.5. The zero-order valence-corrected chi connectivity index (χ0v) is 15.1. The molecule has 3 aromatic rings. The average molecular weight is 364 g/mol. The molecule has 1 aromatic heterocycles. The van der Waals surface area contributed by atoms with Crippen LogP contribution in [0.1, 0.15) is 23.0 Å². The minimum absolute atomic E-state index is 0.318. The number of carbonyl (C=O) groups excluding carboxylic acids is 1. The van der Waals surface area contributed by atoms with E-state index >= 15 is 0 Å². The Hall–Kier alpha value is -3.61. The van der Waals surface area contributed by atoms with Crippen LogP contribution in [0, 0.1) is 0 Å². The fraction of sp³-hybridized carbons (Fsp3) is 0.150. The summed E-state index contributed by atoms with van der Waals surface area (Å²) >= 11 is 0. The van der Waals surface area contributed by atoms with Gasteiger partial charge in [-0.15, -0.1) is 0 Å². The quantitative estimate of drug-likeness (QED) is 0.497. The highest BCUT2D eigenvalue weighted by Crippen LogP contribution is 2.22. The summed E-state index contributed by atoms with van der Waals surface area (Å²) in [5, 5.41) is 10.9. The average Bonchev–Trinajstić information content (AvgIpc) is 3.19. The molecule has 0 fully saturated rings. The molecule has 0 atom stereocenters. The monoisotopic (exact) mass is 364 g/mol. The lowest BCUT2D eigenvalue weighted by Gasteiger charge is -2.03. The number of hydrazone groups is 1. The van der Waals surface area contributed by atoms with Crippen LogP contribution < -0.4 is 14.9 Å². The lowest BCUT2D eigenvalue weighted by atomic mass is 10.1. The highest BCUT2D eigenvalue weighted by Gasteiger charge is 2.11. The Kier molecular flexibility index (Phi) is 5.84. The van der Waals surface area contributed by atoms with Crippen LogP contribution in [0.15, 0.2) is 59.7 Å². The topological polar surface area (TPSA) is 88.6 Å². The van der Waals surface area contributed by atoms with Gasteiger partial charge in [0.25, 0.3) is 5.91 Å². The van der Waals surface area contributed by atoms with Gasteiger partial charge < -0.3 is 9.47 Å². The van der Waals surface area contributed by atoms with Crippen molar-refractivity contribution >= 4 is 12.1 Å². The minimum Gasteiger partial charge on any atom is -0.497 e. The van der Waals surface area contributed by atoms with Gasteiger partial charge in [-0.2, -0.15) is 10.2 Å². The van der Waals surface area contributed by atoms with E-state index in [4.69, 9.17) is 9.47 Å². The number of aromatic amines is 1. The van der Waals surface area contributed by atoms with Crippen molar-refractivity contribution in [2.24, 2.45) is 5.10 Å². The number of nitrogens with one attached hydrogen (secondary N) is 2. The lowest BCUT2D eigenvalue weighted by Crippen LogP contribution is -2.17. The maximum Gasteiger partial charge on any atom is 0.289 e. The molecule has 2 N–H and O–H groups in total. The molecule has 7 nitrogen and oxygen atoms in total. The largest absolute Gasteiger partial charge is 0.497 e. The van der Waals surface area contributed by atoms with Gasteiger partial charge in [-0.25, -0.2) is 5.43 Å². The first-order valence-electron chi connectivity index (χ1n) is 8.45. The molecule has 0 bridgehead atoms. The smallest absolute Gasteiger partial charge is 0.289 e. The Balaban J connectivity index is 1.64. The van der Waals surface area contributed by atoms with Crippen LogP contribution >= 0.6 is 0 Å². The van der Waals surface area contributed by atoms with Crippen LogP contribution in [0.3, 0.4) is 0 Å². The molecule has 2 aromatic carbocycles. The maximum atomic E-state index is 12.2. The summed E-state index contributed by atoms with van der Waals surface area (Å²) in [6.07, 6.45) is 1.56. The van der Waals surface area contributed by atoms with E-state index in [1.54, 1.807) is 19.4 Å². The molecule has 0 unspecified atom stereocenters. The van der Waals surface area contributed by atoms with Crippen molar-refractivity contribution in [2.75, 3.05) is 13.7 Å². The molecule has 0 saturated heterocycles. The molecule has 0 aliphatic rings. The van der Waals surface area contributed by atoms with Crippen LogP contribution in [-0.4, -0.2) is 36.0 Å². The van der Waals surface area contributed by atoms with Gasteiger partial charge in [0.2, 0.25) is 0 Å². The molecule has 1 amide bonds. The third-order valence-electron chi connectivity index (χ3n) is 3.76. The van der Waals surface area contributed by atoms with E-state index in [1.165, 1.54) is 0 Å². The second-order valence-electron chi connectivity index (χ2n) is 5.60. The lowest BCUT2D eigenvalue weighted by molar-refractivity contribution is 0.0950. The van der Waals surface area contributed by atoms with E-state index in [0.29, 0.717) is 18.0 Å². The summed E-state index contributed by atoms with van der Waals surface area (Å²) in [6.45, 7) is 2.51. The van der Waals surface area contributed by atoms with Crippen molar-refractivity contribution < 1.29 is 14.3 Å². The number of carbonyl (C=O) groups is 1. The summed E-state index contributed by atoms with van der Waals surface area (Å²) in [7, 11) is 1.61. The molecule has 0 spiro atoms. The van der Waals surface area contributed by atoms with Gasteiger partial charge in [0.05, 0.1) is 25.6 Å². The molecule has 1 heterocycles. The molecular weight excluding hydrogens is 344 g/mol. The van der Waals surface area contributed by atoms with Gasteiger partial charge in [-0.05, 0) is 55.0 Å². The first kappa shape index (κ1) is 18.2. The number of benzene rings is 2. The number of aromatic nitrogens is 2. The predicted molar refractivity (Wildman–Crippen MR) is 103 cm³/mol. The molecule has 27 heavy (non-hydrogen) atoms. The first-order chi connectivity index (χ1) is 13.2. The molecule has 0 saturated carbocycles. The molecule has 0 aliphatic heterocycles. The van der Waals surface area contributed by atoms with Crippen LogP contribution in [0.5, 0.6) is 11.5 Å². The summed E-state index contributed by atoms with van der Waals surface area (Å²) in [5.74, 6) is 1.14. The van der Waals surface area contributed by atoms with Crippen LogP contribution in [0.25, 0.3) is 11.3 Å². The molecule has 138 valence electrons. The predicted octanol–water partition coefficient (Wildman–Crippen LogP) is 3.25. The Morgan fingerprint density at radius 1 is 1.19 bits per heavy atom. The van der Waals surface area contributed by atoms with Crippen molar-refractivity contribution in [1.82, 2.24) is 15.6 Å². The standard InChI is InChI=1S/C20H20N4O3/c1-3-27-17-6-4-5-15(11-17)18-12-19(23-22-18)20(25)24-21-13-14-7-9-16(26-2)10-8-14/h4-13H,3H2,1-2H3,(H,22,23)(H,24,25). The molecule has 3 rings (SSSR count). The maximum absolute atomic E-state index is 12.2. The van der Waals surface area contributed by atoms with E-state index < -0.39 is 0 Å². The summed E-state index contributed by atoms with van der Waals surface area (Å²) in [5.41, 5.74) is 5.15. The van der Waals surface area contributed by atoms with Crippen LogP contribution in [0.4, 0.5) is 0 Å². The number of rotatable bonds is 7. The van der Waals surface area contributed by atoms with E-state index in [0.717, 1.165) is 22.6 Å². The van der Waals surface area contributed by atoms with Gasteiger partial charge in [0.15, 0.2) is 0 Å². The Morgan fingerprint density at radius 2 is 2.00 bits per heavy atom. The summed E-state index contributed by atoms with van der Waals surface area (Å²) < 4.78 is 10.6. The molecular formula is C20H20N4O3. The van der Waals surface area contributed by atoms with Gasteiger partial charge in [0.1, 0.15) is 17.2 Å². The van der Waals surface area contributed by atoms with Gasteiger partial charge in [0, 0.05) is 5.56 Å². The van der Waals surface area contributed by atoms with Crippen molar-refractivity contribution in [3.63, 3.8) is 0 Å². The zero-order valence-electron chi connectivity index (χ0n) is 15.1. The SMILES string of the molecule is CCOc1cccc(-c2cc(C(=O)NN=Cc3ccc(OC)cc3)[nH]n2)c1. The third-order valence-corrected chi connectivity index (χ3v) is 3.76. The Labute approximate surface area is 157 Å². The van der Waals surface area contributed by atoms with Crippen molar-refractivity contribution in [3.05, 3.63) is 65.9 Å². The number of H-pyrrole nitrogens is 1. The second-order valence-corrected chi connectivity index (χ2v) is 5.60. The van der Waals surface area contributed by atoms with Gasteiger partial charge in [-0.3, -0.25) is 9.89 Å². The number of hydrogen-bond acceptors (Lipinski definition) is 5. The number of ether oxygens (including phenoxy) is 2. The first-order valence-corrected chi connectivity index (χ1v) is 8.45. The van der Waals surface area contributed by atoms with Gasteiger partial charge >= 0.3 is 0 Å². The van der Waals surface area contributed by atoms with Gasteiger partial charge in [-0.1, -0.05) is 12.1 Å². The molecule has 0 radical (unpaired) electrons. The minimum atomic E-state index is -0.375. The van der Waals surface area contributed by atoms with E-state index in [2.05, 4.69) is 20.7 Å². The zero-order chi connectivity index (χ0) is 19.1. The molecule has 0 aliphatic carbocycles.